The average molecular weight is 252 g/mol. The van der Waals surface area contributed by atoms with E-state index in [9.17, 15) is 0 Å². The third kappa shape index (κ3) is 3.64. The molecule has 0 aliphatic heterocycles. The van der Waals surface area contributed by atoms with E-state index in [0.29, 0.717) is 0 Å². The molecule has 1 aromatic rings. The van der Waals surface area contributed by atoms with Crippen molar-refractivity contribution in [1.82, 2.24) is 0 Å². The predicted octanol–water partition coefficient (Wildman–Crippen LogP) is 5.03. The summed E-state index contributed by atoms with van der Waals surface area (Å²) in [6.07, 6.45) is 8.41. The molecule has 0 radical (unpaired) electrons. The molecule has 0 aromatic heterocycles. The number of hydrogen-bond donors (Lipinski definition) is 1. The van der Waals surface area contributed by atoms with Crippen molar-refractivity contribution in [2.24, 2.45) is 5.92 Å². The molecular weight excluding hydrogens is 230 g/mol. The first-order chi connectivity index (χ1) is 8.27. The fourth-order valence-corrected chi connectivity index (χ4v) is 3.02. The van der Waals surface area contributed by atoms with Gasteiger partial charge in [-0.1, -0.05) is 55.8 Å². The molecule has 0 spiro atoms. The van der Waals surface area contributed by atoms with Crippen LogP contribution < -0.4 is 5.32 Å². The van der Waals surface area contributed by atoms with E-state index in [1.165, 1.54) is 44.1 Å². The van der Waals surface area contributed by atoms with Gasteiger partial charge in [0.2, 0.25) is 0 Å². The van der Waals surface area contributed by atoms with Crippen LogP contribution in [0.15, 0.2) is 18.2 Å². The molecule has 0 atom stereocenters. The highest BCUT2D eigenvalue weighted by atomic mass is 35.5. The summed E-state index contributed by atoms with van der Waals surface area (Å²) in [6.45, 7) is 3.16. The lowest BCUT2D eigenvalue weighted by Gasteiger charge is -2.22. The normalized spacial score (nSPS) is 17.1. The van der Waals surface area contributed by atoms with E-state index in [0.717, 1.165) is 23.2 Å². The number of benzene rings is 1. The Bertz CT molecular complexity index is 336. The van der Waals surface area contributed by atoms with E-state index in [1.807, 2.05) is 12.1 Å². The van der Waals surface area contributed by atoms with Crippen molar-refractivity contribution in [2.45, 2.75) is 45.4 Å². The summed E-state index contributed by atoms with van der Waals surface area (Å²) >= 11 is 6.19. The van der Waals surface area contributed by atoms with Crippen molar-refractivity contribution >= 4 is 17.3 Å². The van der Waals surface area contributed by atoms with Crippen LogP contribution in [-0.2, 0) is 0 Å². The molecule has 1 aromatic carbocycles. The number of rotatable bonds is 4. The molecule has 0 saturated heterocycles. The van der Waals surface area contributed by atoms with Gasteiger partial charge in [0, 0.05) is 6.54 Å². The predicted molar refractivity (Wildman–Crippen MR) is 75.9 cm³/mol. The molecule has 0 unspecified atom stereocenters. The molecule has 1 aliphatic rings. The second kappa shape index (κ2) is 6.30. The maximum Gasteiger partial charge on any atom is 0.0640 e. The first-order valence-electron chi connectivity index (χ1n) is 6.76. The van der Waals surface area contributed by atoms with E-state index in [-0.39, 0.29) is 0 Å². The second-order valence-electron chi connectivity index (χ2n) is 5.15. The number of aryl methyl sites for hydroxylation is 1. The minimum atomic E-state index is 0.841. The van der Waals surface area contributed by atoms with Crippen molar-refractivity contribution in [1.29, 1.82) is 0 Å². The Kier molecular flexibility index (Phi) is 4.73. The van der Waals surface area contributed by atoms with Crippen molar-refractivity contribution in [3.63, 3.8) is 0 Å². The van der Waals surface area contributed by atoms with Crippen LogP contribution >= 0.6 is 11.6 Å². The van der Waals surface area contributed by atoms with Gasteiger partial charge in [-0.2, -0.15) is 0 Å². The van der Waals surface area contributed by atoms with E-state index < -0.39 is 0 Å². The van der Waals surface area contributed by atoms with Crippen LogP contribution in [-0.4, -0.2) is 6.54 Å². The zero-order valence-corrected chi connectivity index (χ0v) is 11.4. The van der Waals surface area contributed by atoms with Gasteiger partial charge in [0.15, 0.2) is 0 Å². The summed E-state index contributed by atoms with van der Waals surface area (Å²) in [7, 11) is 0. The van der Waals surface area contributed by atoms with Crippen molar-refractivity contribution in [2.75, 3.05) is 11.9 Å². The third-order valence-corrected chi connectivity index (χ3v) is 4.12. The van der Waals surface area contributed by atoms with Gasteiger partial charge in [0.1, 0.15) is 0 Å². The van der Waals surface area contributed by atoms with Gasteiger partial charge < -0.3 is 5.32 Å². The Balaban J connectivity index is 1.81. The first-order valence-corrected chi connectivity index (χ1v) is 7.14. The SMILES string of the molecule is Cc1cccc(Cl)c1NCCC1CCCCC1. The van der Waals surface area contributed by atoms with Gasteiger partial charge in [-0.25, -0.2) is 0 Å². The van der Waals surface area contributed by atoms with E-state index >= 15 is 0 Å². The van der Waals surface area contributed by atoms with Crippen LogP contribution in [0.4, 0.5) is 5.69 Å². The first kappa shape index (κ1) is 12.8. The summed E-state index contributed by atoms with van der Waals surface area (Å²) in [6, 6.07) is 6.07. The molecule has 17 heavy (non-hydrogen) atoms. The summed E-state index contributed by atoms with van der Waals surface area (Å²) in [4.78, 5) is 0. The number of para-hydroxylation sites is 1. The van der Waals surface area contributed by atoms with E-state index in [1.54, 1.807) is 0 Å². The van der Waals surface area contributed by atoms with Gasteiger partial charge in [-0.15, -0.1) is 0 Å². The summed E-state index contributed by atoms with van der Waals surface area (Å²) in [5.74, 6) is 0.930. The summed E-state index contributed by atoms with van der Waals surface area (Å²) < 4.78 is 0. The molecular formula is C15H22ClN. The van der Waals surface area contributed by atoms with Gasteiger partial charge in [0.05, 0.1) is 10.7 Å². The molecule has 2 heteroatoms. The van der Waals surface area contributed by atoms with Crippen LogP contribution in [0.5, 0.6) is 0 Å². The fraction of sp³-hybridized carbons (Fsp3) is 0.600. The number of anilines is 1. The topological polar surface area (TPSA) is 12.0 Å². The van der Waals surface area contributed by atoms with Crippen LogP contribution in [0.25, 0.3) is 0 Å². The van der Waals surface area contributed by atoms with E-state index in [2.05, 4.69) is 18.3 Å². The highest BCUT2D eigenvalue weighted by Crippen LogP contribution is 2.28. The smallest absolute Gasteiger partial charge is 0.0640 e. The highest BCUT2D eigenvalue weighted by molar-refractivity contribution is 6.33. The number of nitrogens with one attached hydrogen (secondary N) is 1. The van der Waals surface area contributed by atoms with Crippen LogP contribution in [0.1, 0.15) is 44.1 Å². The van der Waals surface area contributed by atoms with Gasteiger partial charge in [-0.05, 0) is 30.9 Å². The number of halogens is 1. The number of hydrogen-bond acceptors (Lipinski definition) is 1. The lowest BCUT2D eigenvalue weighted by atomic mass is 9.87. The van der Waals surface area contributed by atoms with Crippen LogP contribution in [0.2, 0.25) is 5.02 Å². The molecule has 0 bridgehead atoms. The molecule has 1 aliphatic carbocycles. The molecule has 1 nitrogen and oxygen atoms in total. The maximum absolute atomic E-state index is 6.19. The summed E-state index contributed by atoms with van der Waals surface area (Å²) in [5.41, 5.74) is 2.35. The zero-order chi connectivity index (χ0) is 12.1. The maximum atomic E-state index is 6.19. The van der Waals surface area contributed by atoms with Crippen LogP contribution in [0.3, 0.4) is 0 Å². The van der Waals surface area contributed by atoms with Gasteiger partial charge >= 0.3 is 0 Å². The lowest BCUT2D eigenvalue weighted by Crippen LogP contribution is -2.12. The fourth-order valence-electron chi connectivity index (χ4n) is 2.73. The molecule has 1 saturated carbocycles. The molecule has 94 valence electrons. The second-order valence-corrected chi connectivity index (χ2v) is 5.56. The largest absolute Gasteiger partial charge is 0.384 e. The highest BCUT2D eigenvalue weighted by Gasteiger charge is 2.13. The Morgan fingerprint density at radius 2 is 2.00 bits per heavy atom. The Morgan fingerprint density at radius 1 is 1.24 bits per heavy atom. The summed E-state index contributed by atoms with van der Waals surface area (Å²) in [5, 5.41) is 4.34. The molecule has 2 rings (SSSR count). The molecule has 0 amide bonds. The van der Waals surface area contributed by atoms with Crippen molar-refractivity contribution < 1.29 is 0 Å². The molecule has 1 N–H and O–H groups in total. The van der Waals surface area contributed by atoms with Crippen molar-refractivity contribution in [3.05, 3.63) is 28.8 Å². The average Bonchev–Trinajstić information content (AvgIpc) is 2.34. The minimum Gasteiger partial charge on any atom is -0.384 e. The standard InChI is InChI=1S/C15H22ClN/c1-12-6-5-9-14(16)15(12)17-11-10-13-7-3-2-4-8-13/h5-6,9,13,17H,2-4,7-8,10-11H2,1H3. The molecule has 1 fully saturated rings. The minimum absolute atomic E-state index is 0.841. The van der Waals surface area contributed by atoms with E-state index in [4.69, 9.17) is 11.6 Å². The zero-order valence-electron chi connectivity index (χ0n) is 10.6. The lowest BCUT2D eigenvalue weighted by molar-refractivity contribution is 0.345. The Labute approximate surface area is 110 Å². The third-order valence-electron chi connectivity index (χ3n) is 3.80. The quantitative estimate of drug-likeness (QED) is 0.791. The van der Waals surface area contributed by atoms with Crippen LogP contribution in [0, 0.1) is 12.8 Å². The monoisotopic (exact) mass is 251 g/mol. The Hall–Kier alpha value is -0.690. The van der Waals surface area contributed by atoms with Gasteiger partial charge in [-0.3, -0.25) is 0 Å². The van der Waals surface area contributed by atoms with Crippen molar-refractivity contribution in [3.8, 4) is 0 Å². The van der Waals surface area contributed by atoms with Gasteiger partial charge in [0.25, 0.3) is 0 Å². The molecule has 0 heterocycles. The Morgan fingerprint density at radius 3 is 2.71 bits per heavy atom.